The summed E-state index contributed by atoms with van der Waals surface area (Å²) in [6.45, 7) is 5.01. The zero-order valence-corrected chi connectivity index (χ0v) is 17.6. The van der Waals surface area contributed by atoms with E-state index in [2.05, 4.69) is 21.6 Å². The fourth-order valence-corrected chi connectivity index (χ4v) is 3.14. The first-order chi connectivity index (χ1) is 13.3. The molecule has 0 saturated heterocycles. The van der Waals surface area contributed by atoms with Gasteiger partial charge in [-0.1, -0.05) is 61.8 Å². The first kappa shape index (κ1) is 21.9. The van der Waals surface area contributed by atoms with E-state index in [0.717, 1.165) is 17.7 Å². The van der Waals surface area contributed by atoms with Gasteiger partial charge in [0.1, 0.15) is 6.04 Å². The zero-order valence-electron chi connectivity index (χ0n) is 16.8. The highest BCUT2D eigenvalue weighted by Gasteiger charge is 2.25. The molecule has 150 valence electrons. The van der Waals surface area contributed by atoms with E-state index >= 15 is 0 Å². The monoisotopic (exact) mass is 401 g/mol. The quantitative estimate of drug-likeness (QED) is 0.712. The van der Waals surface area contributed by atoms with Gasteiger partial charge in [0.2, 0.25) is 5.91 Å². The Morgan fingerprint density at radius 3 is 2.21 bits per heavy atom. The lowest BCUT2D eigenvalue weighted by atomic mass is 10.0. The van der Waals surface area contributed by atoms with Crippen LogP contribution in [0.15, 0.2) is 48.5 Å². The third kappa shape index (κ3) is 6.08. The van der Waals surface area contributed by atoms with Crippen molar-refractivity contribution >= 4 is 23.4 Å². The summed E-state index contributed by atoms with van der Waals surface area (Å²) in [7, 11) is 4.02. The number of nitrogens with zero attached hydrogens (tertiary/aromatic N) is 1. The number of benzene rings is 2. The van der Waals surface area contributed by atoms with Crippen LogP contribution in [0, 0.1) is 5.92 Å². The summed E-state index contributed by atoms with van der Waals surface area (Å²) in [6, 6.07) is 14.2. The van der Waals surface area contributed by atoms with Gasteiger partial charge in [-0.05, 0) is 43.3 Å². The topological polar surface area (TPSA) is 61.4 Å². The van der Waals surface area contributed by atoms with Crippen LogP contribution < -0.4 is 10.6 Å². The highest BCUT2D eigenvalue weighted by molar-refractivity contribution is 6.33. The van der Waals surface area contributed by atoms with Crippen LogP contribution in [0.1, 0.15) is 35.3 Å². The van der Waals surface area contributed by atoms with Gasteiger partial charge in [0.05, 0.1) is 10.6 Å². The number of hydrogen-bond donors (Lipinski definition) is 2. The molecule has 2 N–H and O–H groups in total. The molecule has 2 amide bonds. The van der Waals surface area contributed by atoms with Crippen LogP contribution in [0.4, 0.5) is 0 Å². The minimum Gasteiger partial charge on any atom is -0.350 e. The SMILES string of the molecule is CC(C)[C@H](NC(=O)c1ccccc1Cl)C(=O)NCc1ccccc1CN(C)C. The van der Waals surface area contributed by atoms with Crippen molar-refractivity contribution in [2.24, 2.45) is 5.92 Å². The van der Waals surface area contributed by atoms with E-state index in [0.29, 0.717) is 17.1 Å². The summed E-state index contributed by atoms with van der Waals surface area (Å²) in [5, 5.41) is 6.13. The average Bonchev–Trinajstić information content (AvgIpc) is 2.64. The molecule has 0 fully saturated rings. The highest BCUT2D eigenvalue weighted by Crippen LogP contribution is 2.16. The van der Waals surface area contributed by atoms with Crippen molar-refractivity contribution in [1.82, 2.24) is 15.5 Å². The molecular formula is C22H28ClN3O2. The summed E-state index contributed by atoms with van der Waals surface area (Å²) in [6.07, 6.45) is 0. The lowest BCUT2D eigenvalue weighted by Crippen LogP contribution is -2.49. The standard InChI is InChI=1S/C22H28ClN3O2/c1-15(2)20(25-21(27)18-11-7-8-12-19(18)23)22(28)24-13-16-9-5-6-10-17(16)14-26(3)4/h5-12,15,20H,13-14H2,1-4H3,(H,24,28)(H,25,27)/t20-/m0/s1. The Kier molecular flexibility index (Phi) is 8.03. The summed E-state index contributed by atoms with van der Waals surface area (Å²) in [5.74, 6) is -0.633. The van der Waals surface area contributed by atoms with Crippen molar-refractivity contribution in [3.8, 4) is 0 Å². The molecule has 0 spiro atoms. The molecule has 0 saturated carbocycles. The second kappa shape index (κ2) is 10.2. The molecule has 0 aromatic heterocycles. The number of carbonyl (C=O) groups is 2. The largest absolute Gasteiger partial charge is 0.350 e. The molecule has 0 aliphatic rings. The molecule has 0 bridgehead atoms. The van der Waals surface area contributed by atoms with E-state index in [1.165, 1.54) is 0 Å². The number of nitrogens with one attached hydrogen (secondary N) is 2. The summed E-state index contributed by atoms with van der Waals surface area (Å²) in [4.78, 5) is 27.4. The Labute approximate surface area is 172 Å². The molecule has 0 aliphatic heterocycles. The lowest BCUT2D eigenvalue weighted by molar-refractivity contribution is -0.124. The Balaban J connectivity index is 2.06. The van der Waals surface area contributed by atoms with E-state index in [9.17, 15) is 9.59 Å². The van der Waals surface area contributed by atoms with E-state index in [1.54, 1.807) is 24.3 Å². The van der Waals surface area contributed by atoms with E-state index < -0.39 is 6.04 Å². The van der Waals surface area contributed by atoms with Crippen molar-refractivity contribution in [2.75, 3.05) is 14.1 Å². The highest BCUT2D eigenvalue weighted by atomic mass is 35.5. The summed E-state index contributed by atoms with van der Waals surface area (Å²) >= 11 is 6.10. The fraction of sp³-hybridized carbons (Fsp3) is 0.364. The molecule has 2 aromatic carbocycles. The molecule has 0 unspecified atom stereocenters. The van der Waals surface area contributed by atoms with Gasteiger partial charge < -0.3 is 15.5 Å². The molecule has 0 heterocycles. The van der Waals surface area contributed by atoms with Crippen LogP contribution in [0.2, 0.25) is 5.02 Å². The molecule has 0 radical (unpaired) electrons. The average molecular weight is 402 g/mol. The van der Waals surface area contributed by atoms with Crippen LogP contribution in [0.5, 0.6) is 0 Å². The number of amides is 2. The molecular weight excluding hydrogens is 374 g/mol. The maximum atomic E-state index is 12.8. The second-order valence-electron chi connectivity index (χ2n) is 7.40. The van der Waals surface area contributed by atoms with Gasteiger partial charge in [0.15, 0.2) is 0 Å². The number of rotatable bonds is 8. The molecule has 2 aromatic rings. The minimum absolute atomic E-state index is 0.0662. The third-order valence-electron chi connectivity index (χ3n) is 4.41. The molecule has 0 aliphatic carbocycles. The Morgan fingerprint density at radius 1 is 1.00 bits per heavy atom. The van der Waals surface area contributed by atoms with Crippen molar-refractivity contribution in [1.29, 1.82) is 0 Å². The van der Waals surface area contributed by atoms with Gasteiger partial charge in [-0.15, -0.1) is 0 Å². The molecule has 2 rings (SSSR count). The number of halogens is 1. The van der Waals surface area contributed by atoms with E-state index in [-0.39, 0.29) is 17.7 Å². The zero-order chi connectivity index (χ0) is 20.7. The number of carbonyl (C=O) groups excluding carboxylic acids is 2. The molecule has 1 atom stereocenters. The number of hydrogen-bond acceptors (Lipinski definition) is 3. The van der Waals surface area contributed by atoms with Crippen molar-refractivity contribution in [2.45, 2.75) is 33.0 Å². The van der Waals surface area contributed by atoms with Crippen LogP contribution in [-0.4, -0.2) is 36.9 Å². The molecule has 6 heteroatoms. The van der Waals surface area contributed by atoms with Crippen molar-refractivity contribution in [3.63, 3.8) is 0 Å². The van der Waals surface area contributed by atoms with E-state index in [1.807, 2.05) is 46.1 Å². The lowest BCUT2D eigenvalue weighted by Gasteiger charge is -2.22. The third-order valence-corrected chi connectivity index (χ3v) is 4.74. The van der Waals surface area contributed by atoms with Crippen LogP contribution in [0.3, 0.4) is 0 Å². The Hall–Kier alpha value is -2.37. The predicted molar refractivity (Wildman–Crippen MR) is 113 cm³/mol. The van der Waals surface area contributed by atoms with Gasteiger partial charge in [0.25, 0.3) is 5.91 Å². The van der Waals surface area contributed by atoms with Gasteiger partial charge in [-0.2, -0.15) is 0 Å². The fourth-order valence-electron chi connectivity index (χ4n) is 2.92. The smallest absolute Gasteiger partial charge is 0.253 e. The molecule has 28 heavy (non-hydrogen) atoms. The maximum Gasteiger partial charge on any atom is 0.253 e. The van der Waals surface area contributed by atoms with Crippen molar-refractivity contribution < 1.29 is 9.59 Å². The maximum absolute atomic E-state index is 12.8. The van der Waals surface area contributed by atoms with Crippen molar-refractivity contribution in [3.05, 3.63) is 70.2 Å². The normalized spacial score (nSPS) is 12.1. The second-order valence-corrected chi connectivity index (χ2v) is 7.81. The summed E-state index contributed by atoms with van der Waals surface area (Å²) < 4.78 is 0. The van der Waals surface area contributed by atoms with E-state index in [4.69, 9.17) is 11.6 Å². The van der Waals surface area contributed by atoms with Gasteiger partial charge in [-0.3, -0.25) is 9.59 Å². The minimum atomic E-state index is -0.648. The van der Waals surface area contributed by atoms with Crippen LogP contribution in [-0.2, 0) is 17.9 Å². The van der Waals surface area contributed by atoms with Gasteiger partial charge in [-0.25, -0.2) is 0 Å². The Bertz CT molecular complexity index is 821. The molecule has 5 nitrogen and oxygen atoms in total. The Morgan fingerprint density at radius 2 is 1.61 bits per heavy atom. The van der Waals surface area contributed by atoms with Crippen LogP contribution >= 0.6 is 11.6 Å². The predicted octanol–water partition coefficient (Wildman–Crippen LogP) is 3.47. The van der Waals surface area contributed by atoms with Gasteiger partial charge >= 0.3 is 0 Å². The first-order valence-corrected chi connectivity index (χ1v) is 9.72. The van der Waals surface area contributed by atoms with Gasteiger partial charge in [0, 0.05) is 13.1 Å². The van der Waals surface area contributed by atoms with Crippen LogP contribution in [0.25, 0.3) is 0 Å². The first-order valence-electron chi connectivity index (χ1n) is 9.34. The summed E-state index contributed by atoms with van der Waals surface area (Å²) in [5.41, 5.74) is 2.58.